The average Bonchev–Trinajstić information content (AvgIpc) is 2.73. The van der Waals surface area contributed by atoms with Crippen LogP contribution in [0.5, 0.6) is 0 Å². The summed E-state index contributed by atoms with van der Waals surface area (Å²) >= 11 is 1.04. The molecule has 0 fully saturated rings. The quantitative estimate of drug-likeness (QED) is 0.524. The molecule has 0 saturated carbocycles. The van der Waals surface area contributed by atoms with E-state index < -0.39 is 17.7 Å². The number of hydrogen-bond donors (Lipinski definition) is 1. The lowest BCUT2D eigenvalue weighted by Crippen LogP contribution is -2.19. The minimum absolute atomic E-state index is 0.0256. The van der Waals surface area contributed by atoms with E-state index in [1.54, 1.807) is 12.1 Å². The molecule has 0 aromatic heterocycles. The summed E-state index contributed by atoms with van der Waals surface area (Å²) in [5.74, 6) is -1.84. The van der Waals surface area contributed by atoms with Crippen molar-refractivity contribution in [1.82, 2.24) is 0 Å². The van der Waals surface area contributed by atoms with Gasteiger partial charge >= 0.3 is 5.97 Å². The Morgan fingerprint density at radius 3 is 2.55 bits per heavy atom. The molecular weight excluding hydrogens is 393 g/mol. The van der Waals surface area contributed by atoms with E-state index in [0.29, 0.717) is 5.56 Å². The number of ether oxygens (including phenoxy) is 1. The number of carbonyl (C=O) groups is 3. The van der Waals surface area contributed by atoms with Crippen molar-refractivity contribution in [3.63, 3.8) is 0 Å². The van der Waals surface area contributed by atoms with Crippen molar-refractivity contribution < 1.29 is 23.5 Å². The van der Waals surface area contributed by atoms with Gasteiger partial charge in [-0.2, -0.15) is 0 Å². The number of carbonyl (C=O) groups excluding carboxylic acids is 3. The second kappa shape index (κ2) is 10.2. The summed E-state index contributed by atoms with van der Waals surface area (Å²) in [6.45, 7) is -0.320. The lowest BCUT2D eigenvalue weighted by molar-refractivity contribution is -0.139. The number of fused-ring (bicyclic) bond motifs is 1. The maximum Gasteiger partial charge on any atom is 0.316 e. The van der Waals surface area contributed by atoms with E-state index in [0.717, 1.165) is 31.0 Å². The molecule has 1 N–H and O–H groups in total. The van der Waals surface area contributed by atoms with Gasteiger partial charge in [-0.15, -0.1) is 11.8 Å². The molecule has 0 bridgehead atoms. The number of halogens is 1. The molecule has 3 rings (SSSR count). The van der Waals surface area contributed by atoms with Crippen LogP contribution in [0, 0.1) is 5.82 Å². The van der Waals surface area contributed by atoms with Crippen molar-refractivity contribution in [3.05, 3.63) is 65.0 Å². The Bertz CT molecular complexity index is 915. The largest absolute Gasteiger partial charge is 0.457 e. The van der Waals surface area contributed by atoms with E-state index in [-0.39, 0.29) is 29.6 Å². The number of amides is 1. The summed E-state index contributed by atoms with van der Waals surface area (Å²) in [4.78, 5) is 35.9. The zero-order valence-electron chi connectivity index (χ0n) is 15.9. The van der Waals surface area contributed by atoms with Crippen LogP contribution in [0.15, 0.2) is 42.5 Å². The first-order valence-corrected chi connectivity index (χ1v) is 10.6. The summed E-state index contributed by atoms with van der Waals surface area (Å²) in [5.41, 5.74) is 3.13. The van der Waals surface area contributed by atoms with Gasteiger partial charge in [0, 0.05) is 5.56 Å². The van der Waals surface area contributed by atoms with Crippen LogP contribution < -0.4 is 5.32 Å². The van der Waals surface area contributed by atoms with E-state index in [4.69, 9.17) is 4.74 Å². The Kier molecular flexibility index (Phi) is 7.41. The van der Waals surface area contributed by atoms with Crippen LogP contribution in [0.4, 0.5) is 10.1 Å². The summed E-state index contributed by atoms with van der Waals surface area (Å²) in [6, 6.07) is 11.5. The van der Waals surface area contributed by atoms with Crippen molar-refractivity contribution in [2.24, 2.45) is 0 Å². The number of Topliss-reactive ketones (excluding diaryl/α,β-unsaturated/α-hetero) is 1. The number of ketones is 1. The molecule has 0 unspecified atom stereocenters. The summed E-state index contributed by atoms with van der Waals surface area (Å²) in [7, 11) is 0. The fraction of sp³-hybridized carbons (Fsp3) is 0.318. The normalized spacial score (nSPS) is 12.7. The highest BCUT2D eigenvalue weighted by atomic mass is 32.2. The number of para-hydroxylation sites is 1. The molecule has 1 amide bonds. The zero-order chi connectivity index (χ0) is 20.6. The first kappa shape index (κ1) is 21.0. The molecule has 152 valence electrons. The molecule has 0 heterocycles. The molecule has 2 aromatic rings. The van der Waals surface area contributed by atoms with Crippen LogP contribution in [0.3, 0.4) is 0 Å². The molecule has 0 aliphatic heterocycles. The highest BCUT2D eigenvalue weighted by Gasteiger charge is 2.15. The molecule has 29 heavy (non-hydrogen) atoms. The van der Waals surface area contributed by atoms with Crippen molar-refractivity contribution in [2.75, 3.05) is 23.4 Å². The lowest BCUT2D eigenvalue weighted by Gasteiger charge is -2.16. The van der Waals surface area contributed by atoms with Gasteiger partial charge in [0.1, 0.15) is 5.82 Å². The van der Waals surface area contributed by atoms with Crippen LogP contribution in [0.1, 0.15) is 34.3 Å². The van der Waals surface area contributed by atoms with Gasteiger partial charge in [0.05, 0.1) is 17.2 Å². The fourth-order valence-corrected chi connectivity index (χ4v) is 3.76. The van der Waals surface area contributed by atoms with Crippen molar-refractivity contribution in [3.8, 4) is 0 Å². The van der Waals surface area contributed by atoms with Gasteiger partial charge < -0.3 is 10.1 Å². The Labute approximate surface area is 173 Å². The van der Waals surface area contributed by atoms with Crippen LogP contribution >= 0.6 is 11.8 Å². The van der Waals surface area contributed by atoms with Gasteiger partial charge in [-0.25, -0.2) is 4.39 Å². The van der Waals surface area contributed by atoms with Gasteiger partial charge in [0.15, 0.2) is 12.4 Å². The molecular formula is C22H22FNO4S. The van der Waals surface area contributed by atoms with E-state index in [2.05, 4.69) is 5.32 Å². The van der Waals surface area contributed by atoms with Crippen molar-refractivity contribution >= 4 is 35.1 Å². The minimum atomic E-state index is -0.569. The molecule has 0 spiro atoms. The van der Waals surface area contributed by atoms with E-state index in [1.807, 2.05) is 12.1 Å². The average molecular weight is 415 g/mol. The molecule has 0 saturated heterocycles. The number of thioether (sulfide) groups is 1. The minimum Gasteiger partial charge on any atom is -0.457 e. The molecule has 1 aliphatic carbocycles. The van der Waals surface area contributed by atoms with Crippen LogP contribution in [0.2, 0.25) is 0 Å². The first-order valence-electron chi connectivity index (χ1n) is 9.45. The predicted octanol–water partition coefficient (Wildman–Crippen LogP) is 3.80. The molecule has 0 radical (unpaired) electrons. The highest BCUT2D eigenvalue weighted by molar-refractivity contribution is 8.00. The van der Waals surface area contributed by atoms with Crippen molar-refractivity contribution in [2.45, 2.75) is 25.7 Å². The third-order valence-electron chi connectivity index (χ3n) is 4.64. The van der Waals surface area contributed by atoms with E-state index >= 15 is 0 Å². The molecule has 7 heteroatoms. The topological polar surface area (TPSA) is 72.5 Å². The Balaban J connectivity index is 1.38. The second-order valence-corrected chi connectivity index (χ2v) is 7.78. The number of anilines is 1. The number of benzene rings is 2. The zero-order valence-corrected chi connectivity index (χ0v) is 16.7. The second-order valence-electron chi connectivity index (χ2n) is 6.80. The number of esters is 1. The van der Waals surface area contributed by atoms with Gasteiger partial charge in [-0.05, 0) is 55.0 Å². The number of rotatable bonds is 8. The van der Waals surface area contributed by atoms with Gasteiger partial charge in [-0.3, -0.25) is 14.4 Å². The molecule has 1 aliphatic rings. The molecule has 0 atom stereocenters. The van der Waals surface area contributed by atoms with Crippen LogP contribution in [0.25, 0.3) is 0 Å². The number of aryl methyl sites for hydroxylation is 2. The molecule has 5 nitrogen and oxygen atoms in total. The Hall–Kier alpha value is -2.67. The Morgan fingerprint density at radius 1 is 1.00 bits per heavy atom. The third kappa shape index (κ3) is 6.15. The first-order chi connectivity index (χ1) is 14.0. The van der Waals surface area contributed by atoms with Crippen LogP contribution in [-0.2, 0) is 27.2 Å². The summed E-state index contributed by atoms with van der Waals surface area (Å²) < 4.78 is 18.5. The van der Waals surface area contributed by atoms with Gasteiger partial charge in [0.25, 0.3) is 0 Å². The maximum atomic E-state index is 13.5. The van der Waals surface area contributed by atoms with Crippen LogP contribution in [-0.4, -0.2) is 35.8 Å². The SMILES string of the molecule is O=C(CSCC(=O)OCC(=O)c1ccc2c(c1)CCCC2)Nc1ccccc1F. The van der Waals surface area contributed by atoms with Gasteiger partial charge in [0.2, 0.25) is 5.91 Å². The van der Waals surface area contributed by atoms with E-state index in [1.165, 1.54) is 35.7 Å². The number of hydrogen-bond acceptors (Lipinski definition) is 5. The number of nitrogens with one attached hydrogen (secondary N) is 1. The monoisotopic (exact) mass is 415 g/mol. The third-order valence-corrected chi connectivity index (χ3v) is 5.54. The predicted molar refractivity (Wildman–Crippen MR) is 111 cm³/mol. The standard InChI is InChI=1S/C22H22FNO4S/c23-18-7-3-4-8-19(18)24-21(26)13-29-14-22(27)28-12-20(25)17-10-9-15-5-1-2-6-16(15)11-17/h3-4,7-11H,1-2,5-6,12-14H2,(H,24,26). The van der Waals surface area contributed by atoms with Gasteiger partial charge in [-0.1, -0.05) is 24.3 Å². The maximum absolute atomic E-state index is 13.5. The summed E-state index contributed by atoms with van der Waals surface area (Å²) in [6.07, 6.45) is 4.32. The smallest absolute Gasteiger partial charge is 0.316 e. The van der Waals surface area contributed by atoms with E-state index in [9.17, 15) is 18.8 Å². The summed E-state index contributed by atoms with van der Waals surface area (Å²) in [5, 5.41) is 2.44. The van der Waals surface area contributed by atoms with Crippen molar-refractivity contribution in [1.29, 1.82) is 0 Å². The highest BCUT2D eigenvalue weighted by Crippen LogP contribution is 2.22. The Morgan fingerprint density at radius 2 is 1.76 bits per heavy atom. The fourth-order valence-electron chi connectivity index (χ4n) is 3.15. The lowest BCUT2D eigenvalue weighted by atomic mass is 9.90. The molecule has 2 aromatic carbocycles.